The zero-order chi connectivity index (χ0) is 25.1. The fourth-order valence-electron chi connectivity index (χ4n) is 4.25. The van der Waals surface area contributed by atoms with Crippen LogP contribution in [0.2, 0.25) is 0 Å². The number of nitrogens with one attached hydrogen (secondary N) is 1. The highest BCUT2D eigenvalue weighted by atomic mass is 16.5. The zero-order valence-electron chi connectivity index (χ0n) is 20.5. The smallest absolute Gasteiger partial charge is 0.294 e. The van der Waals surface area contributed by atoms with Crippen molar-refractivity contribution in [3.63, 3.8) is 0 Å². The normalized spacial score (nSPS) is 23.5. The van der Waals surface area contributed by atoms with Gasteiger partial charge in [0.2, 0.25) is 11.7 Å². The molecule has 1 fully saturated rings. The largest absolute Gasteiger partial charge is 0.491 e. The minimum Gasteiger partial charge on any atom is -0.491 e. The highest BCUT2D eigenvalue weighted by molar-refractivity contribution is 6.03. The Morgan fingerprint density at radius 2 is 1.94 bits per heavy atom. The summed E-state index contributed by atoms with van der Waals surface area (Å²) < 4.78 is 16.7. The van der Waals surface area contributed by atoms with Crippen molar-refractivity contribution in [1.82, 2.24) is 15.0 Å². The fourth-order valence-corrected chi connectivity index (χ4v) is 4.25. The molecule has 0 bridgehead atoms. The summed E-state index contributed by atoms with van der Waals surface area (Å²) in [6, 6.07) is 6.11. The van der Waals surface area contributed by atoms with Gasteiger partial charge >= 0.3 is 0 Å². The van der Waals surface area contributed by atoms with Crippen LogP contribution < -0.4 is 10.1 Å². The van der Waals surface area contributed by atoms with Gasteiger partial charge in [-0.25, -0.2) is 0 Å². The molecule has 4 rings (SSSR count). The van der Waals surface area contributed by atoms with Crippen LogP contribution in [0.15, 0.2) is 35.0 Å². The summed E-state index contributed by atoms with van der Waals surface area (Å²) in [5, 5.41) is 6.27. The third-order valence-corrected chi connectivity index (χ3v) is 6.58. The minimum absolute atomic E-state index is 0.0213. The lowest BCUT2D eigenvalue weighted by Gasteiger charge is -2.36. The summed E-state index contributed by atoms with van der Waals surface area (Å²) >= 11 is 0. The highest BCUT2D eigenvalue weighted by Gasteiger charge is 2.37. The van der Waals surface area contributed by atoms with E-state index in [-0.39, 0.29) is 48.2 Å². The SMILES string of the molecule is CO[C@@H]1CN(C)C(=O)c2ccc(NC(=O)c3ccno3)cc2OC[C@@H](C)N(C(=O)C2CC2)C[C@H]1C. The number of hydrogen-bond acceptors (Lipinski definition) is 7. The van der Waals surface area contributed by atoms with Gasteiger partial charge in [0.05, 0.1) is 23.9 Å². The molecule has 1 aromatic heterocycles. The lowest BCUT2D eigenvalue weighted by atomic mass is 10.0. The molecule has 35 heavy (non-hydrogen) atoms. The van der Waals surface area contributed by atoms with Gasteiger partial charge in [0.15, 0.2) is 0 Å². The lowest BCUT2D eigenvalue weighted by Crippen LogP contribution is -2.49. The van der Waals surface area contributed by atoms with E-state index in [1.54, 1.807) is 37.3 Å². The van der Waals surface area contributed by atoms with Gasteiger partial charge in [0, 0.05) is 56.9 Å². The van der Waals surface area contributed by atoms with Gasteiger partial charge in [-0.05, 0) is 31.9 Å². The molecular weight excluding hydrogens is 452 g/mol. The second-order valence-corrected chi connectivity index (χ2v) is 9.40. The van der Waals surface area contributed by atoms with Crippen LogP contribution in [0.5, 0.6) is 5.75 Å². The number of ether oxygens (including phenoxy) is 2. The number of carbonyl (C=O) groups is 3. The number of anilines is 1. The highest BCUT2D eigenvalue weighted by Crippen LogP contribution is 2.33. The Labute approximate surface area is 204 Å². The Bertz CT molecular complexity index is 1070. The first-order valence-electron chi connectivity index (χ1n) is 11.9. The van der Waals surface area contributed by atoms with E-state index in [2.05, 4.69) is 10.5 Å². The summed E-state index contributed by atoms with van der Waals surface area (Å²) in [6.45, 7) is 5.06. The Hall–Kier alpha value is -3.40. The average Bonchev–Trinajstić information content (AvgIpc) is 3.55. The van der Waals surface area contributed by atoms with Crippen molar-refractivity contribution in [3.05, 3.63) is 41.8 Å². The third-order valence-electron chi connectivity index (χ3n) is 6.58. The van der Waals surface area contributed by atoms with E-state index in [4.69, 9.17) is 14.0 Å². The number of rotatable bonds is 4. The van der Waals surface area contributed by atoms with Crippen LogP contribution in [0.25, 0.3) is 0 Å². The molecule has 3 atom stereocenters. The Kier molecular flexibility index (Phi) is 7.39. The molecule has 2 aliphatic rings. The molecule has 2 aromatic rings. The van der Waals surface area contributed by atoms with Crippen LogP contribution >= 0.6 is 0 Å². The van der Waals surface area contributed by atoms with E-state index in [1.165, 1.54) is 12.3 Å². The maximum absolute atomic E-state index is 13.3. The van der Waals surface area contributed by atoms with Crippen LogP contribution in [-0.4, -0.2) is 78.7 Å². The molecule has 0 saturated heterocycles. The molecule has 1 aliphatic heterocycles. The number of aromatic nitrogens is 1. The van der Waals surface area contributed by atoms with E-state index >= 15 is 0 Å². The number of amides is 3. The summed E-state index contributed by atoms with van der Waals surface area (Å²) in [5.41, 5.74) is 0.801. The van der Waals surface area contributed by atoms with Gasteiger partial charge in [-0.15, -0.1) is 0 Å². The van der Waals surface area contributed by atoms with E-state index in [0.29, 0.717) is 30.1 Å². The van der Waals surface area contributed by atoms with Gasteiger partial charge in [-0.2, -0.15) is 0 Å². The van der Waals surface area contributed by atoms with Crippen molar-refractivity contribution in [3.8, 4) is 5.75 Å². The van der Waals surface area contributed by atoms with E-state index in [9.17, 15) is 14.4 Å². The topological polar surface area (TPSA) is 114 Å². The fraction of sp³-hybridized carbons (Fsp3) is 0.520. The van der Waals surface area contributed by atoms with E-state index in [1.807, 2.05) is 18.7 Å². The number of methoxy groups -OCH3 is 1. The van der Waals surface area contributed by atoms with Gasteiger partial charge in [0.1, 0.15) is 12.4 Å². The summed E-state index contributed by atoms with van der Waals surface area (Å²) in [7, 11) is 3.34. The first kappa shape index (κ1) is 24.7. The average molecular weight is 485 g/mol. The van der Waals surface area contributed by atoms with Gasteiger partial charge in [-0.3, -0.25) is 14.4 Å². The number of nitrogens with zero attached hydrogens (tertiary/aromatic N) is 3. The van der Waals surface area contributed by atoms with Crippen LogP contribution in [-0.2, 0) is 9.53 Å². The first-order valence-corrected chi connectivity index (χ1v) is 11.9. The molecule has 2 heterocycles. The molecule has 3 amide bonds. The lowest BCUT2D eigenvalue weighted by molar-refractivity contribution is -0.136. The molecule has 1 aliphatic carbocycles. The van der Waals surface area contributed by atoms with Crippen molar-refractivity contribution in [2.24, 2.45) is 11.8 Å². The molecule has 0 unspecified atom stereocenters. The number of hydrogen-bond donors (Lipinski definition) is 1. The van der Waals surface area contributed by atoms with Crippen LogP contribution in [0, 0.1) is 11.8 Å². The molecule has 1 aromatic carbocycles. The standard InChI is InChI=1S/C25H32N4O6/c1-15-12-29(24(31)17-5-6-17)16(2)14-34-21-11-18(27-23(30)20-9-10-26-35-20)7-8-19(21)25(32)28(3)13-22(15)33-4/h7-11,15-17,22H,5-6,12-14H2,1-4H3,(H,27,30)/t15-,16-,22-/m1/s1. The van der Waals surface area contributed by atoms with Gasteiger partial charge in [0.25, 0.3) is 11.8 Å². The second-order valence-electron chi connectivity index (χ2n) is 9.40. The molecule has 1 saturated carbocycles. The Morgan fingerprint density at radius 3 is 2.60 bits per heavy atom. The molecule has 10 nitrogen and oxygen atoms in total. The summed E-state index contributed by atoms with van der Waals surface area (Å²) in [6.07, 6.45) is 2.98. The third kappa shape index (κ3) is 5.64. The number of fused-ring (bicyclic) bond motifs is 1. The van der Waals surface area contributed by atoms with Crippen molar-refractivity contribution < 1.29 is 28.4 Å². The predicted octanol–water partition coefficient (Wildman–Crippen LogP) is 2.67. The molecule has 0 spiro atoms. The van der Waals surface area contributed by atoms with Crippen molar-refractivity contribution in [2.45, 2.75) is 38.8 Å². The van der Waals surface area contributed by atoms with Crippen molar-refractivity contribution in [1.29, 1.82) is 0 Å². The Morgan fingerprint density at radius 1 is 1.17 bits per heavy atom. The first-order chi connectivity index (χ1) is 16.8. The molecular formula is C25H32N4O6. The van der Waals surface area contributed by atoms with Gasteiger partial charge < -0.3 is 29.1 Å². The molecule has 0 radical (unpaired) electrons. The van der Waals surface area contributed by atoms with Crippen molar-refractivity contribution in [2.75, 3.05) is 39.2 Å². The van der Waals surface area contributed by atoms with Gasteiger partial charge in [-0.1, -0.05) is 12.1 Å². The maximum Gasteiger partial charge on any atom is 0.294 e. The van der Waals surface area contributed by atoms with E-state index in [0.717, 1.165) is 12.8 Å². The minimum atomic E-state index is -0.467. The predicted molar refractivity (Wildman–Crippen MR) is 127 cm³/mol. The summed E-state index contributed by atoms with van der Waals surface area (Å²) in [4.78, 5) is 42.3. The summed E-state index contributed by atoms with van der Waals surface area (Å²) in [5.74, 6) is -0.0619. The Balaban J connectivity index is 1.63. The maximum atomic E-state index is 13.3. The zero-order valence-corrected chi connectivity index (χ0v) is 20.5. The number of benzene rings is 1. The number of likely N-dealkylation sites (N-methyl/N-ethyl adjacent to an activating group) is 1. The molecule has 188 valence electrons. The second kappa shape index (κ2) is 10.5. The molecule has 1 N–H and O–H groups in total. The van der Waals surface area contributed by atoms with Crippen LogP contribution in [0.4, 0.5) is 5.69 Å². The monoisotopic (exact) mass is 484 g/mol. The number of carbonyl (C=O) groups excluding carboxylic acids is 3. The van der Waals surface area contributed by atoms with Crippen LogP contribution in [0.3, 0.4) is 0 Å². The molecule has 10 heteroatoms. The van der Waals surface area contributed by atoms with Crippen LogP contribution in [0.1, 0.15) is 47.6 Å². The van der Waals surface area contributed by atoms with Crippen molar-refractivity contribution >= 4 is 23.4 Å². The quantitative estimate of drug-likeness (QED) is 0.710. The van der Waals surface area contributed by atoms with E-state index < -0.39 is 5.91 Å².